The van der Waals surface area contributed by atoms with E-state index in [0.717, 1.165) is 5.82 Å². The summed E-state index contributed by atoms with van der Waals surface area (Å²) < 4.78 is 4.92. The molecule has 0 amide bonds. The molecule has 0 fully saturated rings. The predicted molar refractivity (Wildman–Crippen MR) is 52.1 cm³/mol. The second-order valence-electron chi connectivity index (χ2n) is 2.79. The van der Waals surface area contributed by atoms with Gasteiger partial charge in [0, 0.05) is 27.3 Å². The number of rotatable bonds is 3. The van der Waals surface area contributed by atoms with E-state index in [2.05, 4.69) is 9.97 Å². The van der Waals surface area contributed by atoms with Gasteiger partial charge >= 0.3 is 0 Å². The van der Waals surface area contributed by atoms with Gasteiger partial charge in [0.1, 0.15) is 17.6 Å². The third-order valence-corrected chi connectivity index (χ3v) is 1.65. The summed E-state index contributed by atoms with van der Waals surface area (Å²) in [5.41, 5.74) is 0. The van der Waals surface area contributed by atoms with Crippen molar-refractivity contribution >= 4 is 17.4 Å². The zero-order chi connectivity index (χ0) is 9.84. The summed E-state index contributed by atoms with van der Waals surface area (Å²) in [7, 11) is 5.39. The number of hydrogen-bond acceptors (Lipinski definition) is 4. The highest BCUT2D eigenvalue weighted by atomic mass is 35.5. The van der Waals surface area contributed by atoms with Crippen molar-refractivity contribution in [3.8, 4) is 0 Å². The van der Waals surface area contributed by atoms with Crippen molar-refractivity contribution in [1.29, 1.82) is 0 Å². The highest BCUT2D eigenvalue weighted by molar-refractivity contribution is 6.29. The molecule has 0 aliphatic carbocycles. The van der Waals surface area contributed by atoms with Gasteiger partial charge in [-0.3, -0.25) is 0 Å². The Morgan fingerprint density at radius 2 is 2.15 bits per heavy atom. The molecule has 0 aromatic carbocycles. The first-order valence-electron chi connectivity index (χ1n) is 3.83. The fraction of sp³-hybridized carbons (Fsp3) is 0.500. The van der Waals surface area contributed by atoms with Gasteiger partial charge in [-0.15, -0.1) is 0 Å². The van der Waals surface area contributed by atoms with Gasteiger partial charge in [0.2, 0.25) is 0 Å². The van der Waals surface area contributed by atoms with Gasteiger partial charge in [-0.1, -0.05) is 11.6 Å². The lowest BCUT2D eigenvalue weighted by atomic mass is 10.5. The summed E-state index contributed by atoms with van der Waals surface area (Å²) >= 11 is 5.80. The van der Waals surface area contributed by atoms with E-state index in [0.29, 0.717) is 17.6 Å². The summed E-state index contributed by atoms with van der Waals surface area (Å²) in [6.45, 7) is 0.376. The Bertz CT molecular complexity index is 291. The number of nitrogens with zero attached hydrogens (tertiary/aromatic N) is 3. The van der Waals surface area contributed by atoms with E-state index in [9.17, 15) is 0 Å². The van der Waals surface area contributed by atoms with Crippen LogP contribution in [0.4, 0.5) is 5.82 Å². The maximum Gasteiger partial charge on any atom is 0.158 e. The van der Waals surface area contributed by atoms with Gasteiger partial charge < -0.3 is 9.64 Å². The standard InChI is InChI=1S/C8H12ClN3O/c1-12(2)8-4-6(9)10-7(11-8)5-13-3/h4H,5H2,1-3H3. The van der Waals surface area contributed by atoms with Crippen LogP contribution < -0.4 is 4.90 Å². The monoisotopic (exact) mass is 201 g/mol. The maximum atomic E-state index is 5.80. The maximum absolute atomic E-state index is 5.80. The fourth-order valence-corrected chi connectivity index (χ4v) is 1.07. The van der Waals surface area contributed by atoms with Crippen LogP contribution in [-0.4, -0.2) is 31.2 Å². The van der Waals surface area contributed by atoms with E-state index in [1.54, 1.807) is 13.2 Å². The van der Waals surface area contributed by atoms with Crippen molar-refractivity contribution in [2.75, 3.05) is 26.1 Å². The van der Waals surface area contributed by atoms with E-state index in [4.69, 9.17) is 16.3 Å². The van der Waals surface area contributed by atoms with Crippen molar-refractivity contribution in [3.05, 3.63) is 17.0 Å². The summed E-state index contributed by atoms with van der Waals surface area (Å²) in [4.78, 5) is 10.1. The average molecular weight is 202 g/mol. The number of anilines is 1. The Balaban J connectivity index is 2.96. The number of methoxy groups -OCH3 is 1. The molecular weight excluding hydrogens is 190 g/mol. The lowest BCUT2D eigenvalue weighted by Crippen LogP contribution is -2.12. The van der Waals surface area contributed by atoms with Gasteiger partial charge in [-0.05, 0) is 0 Å². The van der Waals surface area contributed by atoms with Crippen LogP contribution in [0, 0.1) is 0 Å². The third kappa shape index (κ3) is 2.82. The molecule has 1 aromatic rings. The molecule has 0 aliphatic rings. The molecule has 0 radical (unpaired) electrons. The molecule has 13 heavy (non-hydrogen) atoms. The normalized spacial score (nSPS) is 10.2. The smallest absolute Gasteiger partial charge is 0.158 e. The minimum Gasteiger partial charge on any atom is -0.377 e. The number of halogens is 1. The topological polar surface area (TPSA) is 38.2 Å². The van der Waals surface area contributed by atoms with Crippen molar-refractivity contribution in [3.63, 3.8) is 0 Å². The molecule has 0 unspecified atom stereocenters. The molecule has 1 heterocycles. The van der Waals surface area contributed by atoms with Crippen LogP contribution in [-0.2, 0) is 11.3 Å². The number of ether oxygens (including phenoxy) is 1. The van der Waals surface area contributed by atoms with Crippen LogP contribution in [0.15, 0.2) is 6.07 Å². The second kappa shape index (κ2) is 4.39. The van der Waals surface area contributed by atoms with Gasteiger partial charge in [-0.25, -0.2) is 9.97 Å². The third-order valence-electron chi connectivity index (χ3n) is 1.46. The van der Waals surface area contributed by atoms with Gasteiger partial charge in [0.15, 0.2) is 5.82 Å². The van der Waals surface area contributed by atoms with E-state index in [1.807, 2.05) is 19.0 Å². The molecule has 1 aromatic heterocycles. The van der Waals surface area contributed by atoms with Crippen LogP contribution in [0.2, 0.25) is 5.15 Å². The molecule has 5 heteroatoms. The molecule has 72 valence electrons. The Morgan fingerprint density at radius 1 is 1.46 bits per heavy atom. The molecule has 0 saturated carbocycles. The Morgan fingerprint density at radius 3 is 2.69 bits per heavy atom. The quantitative estimate of drug-likeness (QED) is 0.692. The lowest BCUT2D eigenvalue weighted by molar-refractivity contribution is 0.178. The van der Waals surface area contributed by atoms with Crippen molar-refractivity contribution in [2.45, 2.75) is 6.61 Å². The Labute approximate surface area is 82.5 Å². The average Bonchev–Trinajstić information content (AvgIpc) is 2.03. The SMILES string of the molecule is COCc1nc(Cl)cc(N(C)C)n1. The van der Waals surface area contributed by atoms with Gasteiger partial charge in [0.05, 0.1) is 0 Å². The molecule has 0 atom stereocenters. The highest BCUT2D eigenvalue weighted by Crippen LogP contribution is 2.13. The molecule has 0 aliphatic heterocycles. The number of hydrogen-bond donors (Lipinski definition) is 0. The first-order valence-corrected chi connectivity index (χ1v) is 4.21. The first kappa shape index (κ1) is 10.2. The molecule has 1 rings (SSSR count). The zero-order valence-corrected chi connectivity index (χ0v) is 8.67. The van der Waals surface area contributed by atoms with Crippen LogP contribution in [0.25, 0.3) is 0 Å². The van der Waals surface area contributed by atoms with Gasteiger partial charge in [-0.2, -0.15) is 0 Å². The van der Waals surface area contributed by atoms with Crippen molar-refractivity contribution in [1.82, 2.24) is 9.97 Å². The summed E-state index contributed by atoms with van der Waals surface area (Å²) in [5.74, 6) is 1.38. The molecule has 4 nitrogen and oxygen atoms in total. The summed E-state index contributed by atoms with van der Waals surface area (Å²) in [6, 6.07) is 1.71. The zero-order valence-electron chi connectivity index (χ0n) is 7.91. The largest absolute Gasteiger partial charge is 0.377 e. The fourth-order valence-electron chi connectivity index (χ4n) is 0.874. The Hall–Kier alpha value is -0.870. The molecule has 0 bridgehead atoms. The van der Waals surface area contributed by atoms with E-state index in [-0.39, 0.29) is 0 Å². The Kier molecular flexibility index (Phi) is 3.45. The minimum atomic E-state index is 0.376. The highest BCUT2D eigenvalue weighted by Gasteiger charge is 2.03. The predicted octanol–water partition coefficient (Wildman–Crippen LogP) is 1.34. The second-order valence-corrected chi connectivity index (χ2v) is 3.18. The van der Waals surface area contributed by atoms with Crippen LogP contribution >= 0.6 is 11.6 Å². The molecule has 0 saturated heterocycles. The van der Waals surface area contributed by atoms with E-state index >= 15 is 0 Å². The minimum absolute atomic E-state index is 0.376. The number of aromatic nitrogens is 2. The molecular formula is C8H12ClN3O. The van der Waals surface area contributed by atoms with Crippen LogP contribution in [0.1, 0.15) is 5.82 Å². The van der Waals surface area contributed by atoms with E-state index < -0.39 is 0 Å². The first-order chi connectivity index (χ1) is 6.13. The van der Waals surface area contributed by atoms with Crippen LogP contribution in [0.3, 0.4) is 0 Å². The van der Waals surface area contributed by atoms with Crippen molar-refractivity contribution < 1.29 is 4.74 Å². The summed E-state index contributed by atoms with van der Waals surface area (Å²) in [6.07, 6.45) is 0. The van der Waals surface area contributed by atoms with Crippen LogP contribution in [0.5, 0.6) is 0 Å². The molecule has 0 spiro atoms. The molecule has 0 N–H and O–H groups in total. The van der Waals surface area contributed by atoms with Gasteiger partial charge in [0.25, 0.3) is 0 Å². The summed E-state index contributed by atoms with van der Waals surface area (Å²) in [5, 5.41) is 0.436. The van der Waals surface area contributed by atoms with E-state index in [1.165, 1.54) is 0 Å². The lowest BCUT2D eigenvalue weighted by Gasteiger charge is -2.11. The van der Waals surface area contributed by atoms with Crippen molar-refractivity contribution in [2.24, 2.45) is 0 Å².